The highest BCUT2D eigenvalue weighted by atomic mass is 127. The Hall–Kier alpha value is -8.55. The van der Waals surface area contributed by atoms with Crippen molar-refractivity contribution in [2.24, 2.45) is 70.3 Å². The second-order valence-corrected chi connectivity index (χ2v) is 43.9. The van der Waals surface area contributed by atoms with Crippen molar-refractivity contribution in [3.05, 3.63) is 283 Å². The molecule has 0 bridgehead atoms. The van der Waals surface area contributed by atoms with Crippen LogP contribution in [0, 0.1) is 57.5 Å². The first-order valence-electron chi connectivity index (χ1n) is 50.7. The second kappa shape index (κ2) is 69.9. The zero-order valence-electron chi connectivity index (χ0n) is 89.5. The minimum atomic E-state index is -4.34. The van der Waals surface area contributed by atoms with Crippen LogP contribution in [0.5, 0.6) is 0 Å². The molecule has 8 aromatic rings. The third-order valence-electron chi connectivity index (χ3n) is 24.3. The van der Waals surface area contributed by atoms with Crippen LogP contribution in [0.2, 0.25) is 30.1 Å². The van der Waals surface area contributed by atoms with Crippen molar-refractivity contribution in [1.29, 1.82) is 0 Å². The van der Waals surface area contributed by atoms with E-state index in [0.29, 0.717) is 81.7 Å². The number of alkyl halides is 3. The quantitative estimate of drug-likeness (QED) is 0.0126. The summed E-state index contributed by atoms with van der Waals surface area (Å²) in [5.41, 5.74) is 31.1. The average Bonchev–Trinajstić information content (AvgIpc) is 0.853. The number of rotatable bonds is 41. The summed E-state index contributed by atoms with van der Waals surface area (Å²) in [5, 5.41) is 23.2. The molecular weight excluding hydrogens is 2120 g/mol. The Bertz CT molecular complexity index is 5390. The number of carbonyl (C=O) groups excluding carboxylic acids is 10. The van der Waals surface area contributed by atoms with Crippen LogP contribution in [0.4, 0.5) is 18.9 Å². The molecule has 2 aliphatic rings. The van der Waals surface area contributed by atoms with E-state index in [9.17, 15) is 61.1 Å². The molecule has 812 valence electrons. The number of likely N-dealkylation sites (tertiary alicyclic amines) is 1. The first-order chi connectivity index (χ1) is 69.4. The highest BCUT2D eigenvalue weighted by Gasteiger charge is 2.33. The van der Waals surface area contributed by atoms with Gasteiger partial charge in [-0.3, -0.25) is 53.3 Å². The average molecular weight is 2280 g/mol. The molecule has 2 fully saturated rings. The summed E-state index contributed by atoms with van der Waals surface area (Å²) in [6, 6.07) is 53.9. The zero-order chi connectivity index (χ0) is 112. The van der Waals surface area contributed by atoms with E-state index in [2.05, 4.69) is 59.3 Å². The van der Waals surface area contributed by atoms with Crippen LogP contribution in [0.3, 0.4) is 0 Å². The van der Waals surface area contributed by atoms with Crippen molar-refractivity contribution in [1.82, 2.24) is 36.8 Å². The van der Waals surface area contributed by atoms with Gasteiger partial charge in [0.1, 0.15) is 0 Å². The lowest BCUT2D eigenvalue weighted by Crippen LogP contribution is -2.51. The molecule has 2 heterocycles. The fourth-order valence-corrected chi connectivity index (χ4v) is 16.8. The van der Waals surface area contributed by atoms with Crippen LogP contribution in [0.15, 0.2) is 188 Å². The molecule has 32 heteroatoms. The van der Waals surface area contributed by atoms with E-state index in [0.717, 1.165) is 119 Å². The van der Waals surface area contributed by atoms with Gasteiger partial charge in [-0.25, -0.2) is 4.85 Å². The molecule has 22 nitrogen and oxygen atoms in total. The van der Waals surface area contributed by atoms with E-state index >= 15 is 0 Å². The lowest BCUT2D eigenvalue weighted by molar-refractivity contribution is -0.137. The van der Waals surface area contributed by atoms with E-state index < -0.39 is 29.9 Å². The van der Waals surface area contributed by atoms with Crippen LogP contribution in [-0.4, -0.2) is 169 Å². The Morgan fingerprint density at radius 3 is 0.966 bits per heavy atom. The number of hydrogen-bond acceptors (Lipinski definition) is 19. The topological polar surface area (TPSA) is 355 Å². The minimum absolute atomic E-state index is 0.00731. The van der Waals surface area contributed by atoms with Gasteiger partial charge in [-0.1, -0.05) is 284 Å². The number of halogens is 10. The van der Waals surface area contributed by atoms with Gasteiger partial charge in [0.2, 0.25) is 11.8 Å². The number of nitrogens with zero attached hydrogens (tertiary/aromatic N) is 2. The molecule has 14 N–H and O–H groups in total. The molecular formula is C116H158Cl6F3IN12O10. The maximum Gasteiger partial charge on any atom is 0.416 e. The van der Waals surface area contributed by atoms with E-state index in [1.54, 1.807) is 57.2 Å². The van der Waals surface area contributed by atoms with Gasteiger partial charge in [-0.15, -0.1) is 0 Å². The monoisotopic (exact) mass is 2270 g/mol. The predicted octanol–water partition coefficient (Wildman–Crippen LogP) is 21.8. The van der Waals surface area contributed by atoms with Crippen molar-refractivity contribution < 1.29 is 61.1 Å². The predicted molar refractivity (Wildman–Crippen MR) is 609 cm³/mol. The van der Waals surface area contributed by atoms with Crippen LogP contribution < -0.4 is 54.8 Å². The molecule has 0 spiro atoms. The lowest BCUT2D eigenvalue weighted by Gasteiger charge is -2.34. The van der Waals surface area contributed by atoms with Crippen molar-refractivity contribution >= 4 is 156 Å². The molecule has 0 aliphatic carbocycles. The maximum atomic E-state index is 12.6. The summed E-state index contributed by atoms with van der Waals surface area (Å²) in [6.07, 6.45) is 4.20. The fraction of sp³-hybridized carbons (Fsp3) is 0.491. The van der Waals surface area contributed by atoms with Gasteiger partial charge < -0.3 is 54.4 Å². The Labute approximate surface area is 921 Å². The second-order valence-electron chi connectivity index (χ2n) is 40.1. The number of piperidine rings is 2. The minimum Gasteiger partial charge on any atom is -0.353 e. The largest absolute Gasteiger partial charge is 0.416 e. The summed E-state index contributed by atoms with van der Waals surface area (Å²) in [5.74, 6) is 0.882. The van der Waals surface area contributed by atoms with Crippen LogP contribution in [-0.2, 0) is 105 Å². The Morgan fingerprint density at radius 1 is 0.385 bits per heavy atom. The van der Waals surface area contributed by atoms with Gasteiger partial charge in [0, 0.05) is 109 Å². The Morgan fingerprint density at radius 2 is 0.662 bits per heavy atom. The molecule has 0 unspecified atom stereocenters. The zero-order valence-corrected chi connectivity index (χ0v) is 96.1. The summed E-state index contributed by atoms with van der Waals surface area (Å²) in [7, 11) is 1.82. The van der Waals surface area contributed by atoms with Gasteiger partial charge in [0.05, 0.1) is 77.1 Å². The van der Waals surface area contributed by atoms with Gasteiger partial charge in [0.25, 0.3) is 0 Å². The van der Waals surface area contributed by atoms with Gasteiger partial charge in [-0.2, -0.15) is 13.2 Å². The van der Waals surface area contributed by atoms with E-state index in [1.807, 2.05) is 250 Å². The lowest BCUT2D eigenvalue weighted by atomic mass is 9.93. The van der Waals surface area contributed by atoms with Crippen molar-refractivity contribution in [2.45, 2.75) is 281 Å². The number of nitrogens with one attached hydrogen (secondary N) is 6. The van der Waals surface area contributed by atoms with Crippen LogP contribution in [0.1, 0.15) is 207 Å². The highest BCUT2D eigenvalue weighted by molar-refractivity contribution is 14.1. The molecule has 10 rings (SSSR count). The molecule has 0 radical (unpaired) electrons. The van der Waals surface area contributed by atoms with Crippen molar-refractivity contribution in [2.75, 3.05) is 39.8 Å². The number of benzene rings is 8. The van der Waals surface area contributed by atoms with Crippen molar-refractivity contribution in [3.63, 3.8) is 0 Å². The number of nitrogens with two attached hydrogens (primary N) is 4. The first-order valence-corrected chi connectivity index (χ1v) is 54.1. The fourth-order valence-electron chi connectivity index (χ4n) is 15.6. The summed E-state index contributed by atoms with van der Waals surface area (Å²) < 4.78 is 38.2. The summed E-state index contributed by atoms with van der Waals surface area (Å²) in [4.78, 5) is 124. The number of carbonyl (C=O) groups is 10. The summed E-state index contributed by atoms with van der Waals surface area (Å²) >= 11 is 37.5. The molecule has 2 amide bonds. The molecule has 148 heavy (non-hydrogen) atoms. The number of hydrogen-bond donors (Lipinski definition) is 10. The number of ketones is 8. The smallest absolute Gasteiger partial charge is 0.353 e. The van der Waals surface area contributed by atoms with Crippen LogP contribution in [0.25, 0.3) is 4.85 Å². The molecule has 8 atom stereocenters. The first kappa shape index (κ1) is 134. The van der Waals surface area contributed by atoms with E-state index in [4.69, 9.17) is 99.1 Å². The van der Waals surface area contributed by atoms with E-state index in [-0.39, 0.29) is 155 Å². The van der Waals surface area contributed by atoms with Gasteiger partial charge >= 0.3 is 6.18 Å². The number of amides is 2. The SMILES string of the molecule is CC(=O)N1CCC(N[C@H](Cc2ccc(Cl)cc2)C(=O)C(C)C)CC1.CC(C)C(=O)[C@@H](Cc1ccc(Cl)cc1)NC1CCNCC1.CC(C)C(=O)[C@H](N)Cc1ccc(C(F)(F)F)cc1.CC(C)C(=O)[C@H](N)Cc1ccc(Cl)c(Cl)c1.CC(C)C(=O)[C@H](N)Cc1ccc(I)cc1.CC(C)NC(=O)CN[C@H](Cc1ccc(Cl)cc1)C(=O)C(C)C.CN[C@H](Cc1ccc(Cl)cc1)C(=O)C(C)C.[C-]#[N+]c1ccc(C[C@@H](N)C(=O)C(C)C)cc1. The summed E-state index contributed by atoms with van der Waals surface area (Å²) in [6.45, 7) is 46.0. The van der Waals surface area contributed by atoms with Crippen LogP contribution >= 0.6 is 92.2 Å². The molecule has 0 saturated carbocycles. The third kappa shape index (κ3) is 53.1. The molecule has 2 saturated heterocycles. The highest BCUT2D eigenvalue weighted by Crippen LogP contribution is 2.31. The maximum absolute atomic E-state index is 12.6. The number of Topliss-reactive ketones (excluding diaryl/α,β-unsaturated/α-hetero) is 8. The van der Waals surface area contributed by atoms with Crippen molar-refractivity contribution in [3.8, 4) is 0 Å². The molecule has 8 aromatic carbocycles. The van der Waals surface area contributed by atoms with E-state index in [1.165, 1.54) is 15.7 Å². The molecule has 2 aliphatic heterocycles. The van der Waals surface area contributed by atoms with Gasteiger partial charge in [-0.05, 0) is 263 Å². The Balaban J connectivity index is 0.000000437. The third-order valence-corrected chi connectivity index (χ3v) is 26.8. The normalized spacial score (nSPS) is 14.2. The number of likely N-dealkylation sites (N-methyl/N-ethyl adjacent to an activating group) is 1. The standard InChI is InChI=1S/C19H27ClN2O2.C17H25ClN2O2.C17H25ClN2O.C13H18ClNO.C13H16F3NO.C13H16N2O.C12H15Cl2NO.C12H16INO/c1-13(2)19(24)18(12-15-4-6-16(20)7-5-15)21-17-8-10-22(11-9-17)14(3)23;1-11(2)17(22)15(19-10-16(21)20-12(3)4)9-13-5-7-14(18)8-6-13;1-12(2)17(21)16(20-15-7-9-19-10-8-15)11-13-3-5-14(18)6-4-13;1-9(2)13(16)12(15-3)8-10-4-6-11(14)7-5-10;1-8(2)12(18)11(17)7-9-3-5-10(6-4-9)13(14,15)16;1-9(2)13(16)12(14)8-10-4-6-11(15-3)7-5-10;1-7(2)12(16)11(15)6-8-3-4-9(13)10(14)5-8;1-8(2)12(15)11(14)7-9-3-5-10(13)6-4-9/h4-7,13,17-18,21H,8-12H2,1-3H3;5-8,11-12,15,19H,9-10H2,1-4H3,(H,20,21);3-6,12,15-16,19-20H,7-11H2,1-2H3;4-7,9,12,15H,8H2,1-3H3;3-6,8,11H,7,17H2,1-2H3;4-7,9,12H,8,14H2,1-2H3;3-5,7,11H,6,15H2,1-2H3;3-6,8,11H,7,14H2,1-2H3/t18-;15-;16-;12-;11-;12-;2*11-/m11111111/s1. The Kier molecular flexibility index (Phi) is 63.1. The molecule has 0 aromatic heterocycles. The van der Waals surface area contributed by atoms with Gasteiger partial charge in [0.15, 0.2) is 52.0 Å².